The minimum absolute atomic E-state index is 0.235. The zero-order chi connectivity index (χ0) is 23.8. The molecule has 9 heteroatoms. The maximum Gasteiger partial charge on any atom is 0.331 e. The molecule has 2 aromatic rings. The van der Waals surface area contributed by atoms with Gasteiger partial charge in [0.1, 0.15) is 0 Å². The Morgan fingerprint density at radius 2 is 1.73 bits per heavy atom. The number of halogens is 1. The van der Waals surface area contributed by atoms with Crippen LogP contribution in [0.15, 0.2) is 53.4 Å². The fourth-order valence-electron chi connectivity index (χ4n) is 3.48. The van der Waals surface area contributed by atoms with E-state index in [-0.39, 0.29) is 4.90 Å². The van der Waals surface area contributed by atoms with Gasteiger partial charge >= 0.3 is 5.97 Å². The Morgan fingerprint density at radius 1 is 1.06 bits per heavy atom. The van der Waals surface area contributed by atoms with Crippen LogP contribution in [-0.4, -0.2) is 44.3 Å². The molecule has 0 radical (unpaired) electrons. The first-order valence-electron chi connectivity index (χ1n) is 10.8. The number of amides is 1. The third-order valence-corrected chi connectivity index (χ3v) is 7.45. The second-order valence-corrected chi connectivity index (χ2v) is 10.2. The molecule has 1 saturated heterocycles. The molecule has 0 aliphatic carbocycles. The summed E-state index contributed by atoms with van der Waals surface area (Å²) in [6, 6.07) is 11.4. The first kappa shape index (κ1) is 25.0. The number of rotatable bonds is 7. The number of sulfonamides is 1. The Kier molecular flexibility index (Phi) is 8.66. The lowest BCUT2D eigenvalue weighted by Gasteiger charge is -2.19. The normalized spacial score (nSPS) is 15.2. The Morgan fingerprint density at radius 3 is 2.36 bits per heavy atom. The molecule has 0 spiro atoms. The summed E-state index contributed by atoms with van der Waals surface area (Å²) in [7, 11) is -3.52. The standard InChI is InChI=1S/C24H27ClN2O5S/c1-18-16-20(25)9-12-22(18)26-23(28)17-32-24(29)13-8-19-6-10-21(11-7-19)33(30,31)27-14-4-2-3-5-15-27/h6-13,16H,2-5,14-15,17H2,1H3,(H,26,28)/b13-8+. The quantitative estimate of drug-likeness (QED) is 0.458. The van der Waals surface area contributed by atoms with Crippen molar-refractivity contribution in [3.05, 3.63) is 64.7 Å². The van der Waals surface area contributed by atoms with Crippen molar-refractivity contribution in [3.8, 4) is 0 Å². The van der Waals surface area contributed by atoms with Gasteiger partial charge in [0.2, 0.25) is 10.0 Å². The van der Waals surface area contributed by atoms with Crippen LogP contribution in [0.1, 0.15) is 36.8 Å². The Balaban J connectivity index is 1.52. The second-order valence-electron chi connectivity index (χ2n) is 7.84. The van der Waals surface area contributed by atoms with Gasteiger partial charge in [-0.3, -0.25) is 4.79 Å². The van der Waals surface area contributed by atoms with Gasteiger partial charge in [0.05, 0.1) is 4.90 Å². The summed E-state index contributed by atoms with van der Waals surface area (Å²) in [4.78, 5) is 24.2. The van der Waals surface area contributed by atoms with Crippen molar-refractivity contribution in [1.82, 2.24) is 4.31 Å². The van der Waals surface area contributed by atoms with Crippen molar-refractivity contribution >= 4 is 45.3 Å². The first-order valence-corrected chi connectivity index (χ1v) is 12.6. The average Bonchev–Trinajstić information content (AvgIpc) is 3.09. The summed E-state index contributed by atoms with van der Waals surface area (Å²) >= 11 is 5.89. The van der Waals surface area contributed by atoms with Gasteiger partial charge in [0, 0.05) is 29.9 Å². The van der Waals surface area contributed by atoms with E-state index in [0.717, 1.165) is 31.2 Å². The molecule has 1 aliphatic rings. The van der Waals surface area contributed by atoms with Gasteiger partial charge < -0.3 is 10.1 Å². The minimum atomic E-state index is -3.52. The van der Waals surface area contributed by atoms with E-state index in [0.29, 0.717) is 29.4 Å². The number of carbonyl (C=O) groups is 2. The fourth-order valence-corrected chi connectivity index (χ4v) is 5.23. The number of aryl methyl sites for hydroxylation is 1. The predicted molar refractivity (Wildman–Crippen MR) is 128 cm³/mol. The van der Waals surface area contributed by atoms with E-state index in [9.17, 15) is 18.0 Å². The lowest BCUT2D eigenvalue weighted by Crippen LogP contribution is -2.31. The monoisotopic (exact) mass is 490 g/mol. The molecular formula is C24H27ClN2O5S. The number of carbonyl (C=O) groups excluding carboxylic acids is 2. The highest BCUT2D eigenvalue weighted by molar-refractivity contribution is 7.89. The molecule has 0 atom stereocenters. The summed E-state index contributed by atoms with van der Waals surface area (Å²) in [5.74, 6) is -1.15. The van der Waals surface area contributed by atoms with E-state index < -0.39 is 28.5 Å². The van der Waals surface area contributed by atoms with Crippen LogP contribution in [0, 0.1) is 6.92 Å². The van der Waals surface area contributed by atoms with E-state index in [2.05, 4.69) is 5.32 Å². The van der Waals surface area contributed by atoms with Crippen LogP contribution < -0.4 is 5.32 Å². The highest BCUT2D eigenvalue weighted by atomic mass is 35.5. The number of benzene rings is 2. The summed E-state index contributed by atoms with van der Waals surface area (Å²) in [5, 5.41) is 3.22. The molecule has 7 nitrogen and oxygen atoms in total. The van der Waals surface area contributed by atoms with Crippen molar-refractivity contribution in [2.24, 2.45) is 0 Å². The topological polar surface area (TPSA) is 92.8 Å². The van der Waals surface area contributed by atoms with Crippen LogP contribution in [0.2, 0.25) is 5.02 Å². The Hall–Kier alpha value is -2.68. The summed E-state index contributed by atoms with van der Waals surface area (Å²) in [6.45, 7) is 2.46. The third kappa shape index (κ3) is 7.15. The van der Waals surface area contributed by atoms with Crippen LogP contribution in [0.3, 0.4) is 0 Å². The number of anilines is 1. The predicted octanol–water partition coefficient (Wildman–Crippen LogP) is 4.41. The molecule has 1 aliphatic heterocycles. The highest BCUT2D eigenvalue weighted by Gasteiger charge is 2.24. The van der Waals surface area contributed by atoms with Crippen molar-refractivity contribution < 1.29 is 22.7 Å². The zero-order valence-electron chi connectivity index (χ0n) is 18.4. The fraction of sp³-hybridized carbons (Fsp3) is 0.333. The molecule has 1 N–H and O–H groups in total. The maximum atomic E-state index is 12.8. The number of nitrogens with one attached hydrogen (secondary N) is 1. The molecule has 1 heterocycles. The lowest BCUT2D eigenvalue weighted by atomic mass is 10.2. The summed E-state index contributed by atoms with van der Waals surface area (Å²) in [5.41, 5.74) is 2.03. The van der Waals surface area contributed by atoms with E-state index in [1.165, 1.54) is 24.3 Å². The molecule has 33 heavy (non-hydrogen) atoms. The van der Waals surface area contributed by atoms with Gasteiger partial charge in [-0.15, -0.1) is 0 Å². The van der Waals surface area contributed by atoms with E-state index in [4.69, 9.17) is 16.3 Å². The molecule has 1 amide bonds. The highest BCUT2D eigenvalue weighted by Crippen LogP contribution is 2.21. The number of nitrogens with zero attached hydrogens (tertiary/aromatic N) is 1. The SMILES string of the molecule is Cc1cc(Cl)ccc1NC(=O)COC(=O)/C=C/c1ccc(S(=O)(=O)N2CCCCCC2)cc1. The van der Waals surface area contributed by atoms with Gasteiger partial charge in [0.25, 0.3) is 5.91 Å². The maximum absolute atomic E-state index is 12.8. The van der Waals surface area contributed by atoms with Crippen LogP contribution in [-0.2, 0) is 24.3 Å². The number of hydrogen-bond donors (Lipinski definition) is 1. The molecule has 3 rings (SSSR count). The first-order chi connectivity index (χ1) is 15.8. The van der Waals surface area contributed by atoms with Crippen molar-refractivity contribution in [1.29, 1.82) is 0 Å². The number of ether oxygens (including phenoxy) is 1. The lowest BCUT2D eigenvalue weighted by molar-refractivity contribution is -0.142. The molecule has 2 aromatic carbocycles. The molecule has 0 saturated carbocycles. The largest absolute Gasteiger partial charge is 0.452 e. The van der Waals surface area contributed by atoms with E-state index >= 15 is 0 Å². The van der Waals surface area contributed by atoms with E-state index in [1.807, 2.05) is 0 Å². The smallest absolute Gasteiger partial charge is 0.331 e. The van der Waals surface area contributed by atoms with Gasteiger partial charge in [0.15, 0.2) is 6.61 Å². The van der Waals surface area contributed by atoms with Gasteiger partial charge in [-0.2, -0.15) is 4.31 Å². The molecule has 0 aromatic heterocycles. The van der Waals surface area contributed by atoms with Crippen LogP contribution in [0.4, 0.5) is 5.69 Å². The van der Waals surface area contributed by atoms with Crippen molar-refractivity contribution in [3.63, 3.8) is 0 Å². The molecule has 0 bridgehead atoms. The molecule has 1 fully saturated rings. The summed E-state index contributed by atoms with van der Waals surface area (Å²) in [6.07, 6.45) is 6.55. The van der Waals surface area contributed by atoms with Crippen LogP contribution in [0.25, 0.3) is 6.08 Å². The van der Waals surface area contributed by atoms with Crippen LogP contribution >= 0.6 is 11.6 Å². The van der Waals surface area contributed by atoms with Crippen molar-refractivity contribution in [2.45, 2.75) is 37.5 Å². The molecule has 0 unspecified atom stereocenters. The Bertz CT molecular complexity index is 1120. The van der Waals surface area contributed by atoms with Gasteiger partial charge in [-0.05, 0) is 67.3 Å². The third-order valence-electron chi connectivity index (χ3n) is 5.30. The minimum Gasteiger partial charge on any atom is -0.452 e. The number of hydrogen-bond acceptors (Lipinski definition) is 5. The number of esters is 1. The molecular weight excluding hydrogens is 464 g/mol. The summed E-state index contributed by atoms with van der Waals surface area (Å²) < 4.78 is 32.2. The van der Waals surface area contributed by atoms with Gasteiger partial charge in [-0.25, -0.2) is 13.2 Å². The Labute approximate surface area is 199 Å². The average molecular weight is 491 g/mol. The van der Waals surface area contributed by atoms with E-state index in [1.54, 1.807) is 41.6 Å². The second kappa shape index (κ2) is 11.4. The van der Waals surface area contributed by atoms with Crippen LogP contribution in [0.5, 0.6) is 0 Å². The van der Waals surface area contributed by atoms with Gasteiger partial charge in [-0.1, -0.05) is 36.6 Å². The molecule has 176 valence electrons. The zero-order valence-corrected chi connectivity index (χ0v) is 20.0. The van der Waals surface area contributed by atoms with Crippen molar-refractivity contribution in [2.75, 3.05) is 25.0 Å².